The van der Waals surface area contributed by atoms with Crippen LogP contribution < -0.4 is 15.8 Å². The number of aryl methyl sites for hydroxylation is 2. The predicted octanol–water partition coefficient (Wildman–Crippen LogP) is 11.9. The standard InChI is InChI=1S/C54H39F3N4/c1-34-12-9-18-38(28-34)40-22-26-49-46(31-40)47-32-41(39-19-10-13-35(2)29-39)23-27-50(47)61(49)44-24-25-45(42-20-11-21-43(30-42)54(55,56)57)48(33-44)53-59-51(36-14-5-3-6-15-36)58-52(60-53)37-16-7-4-8-17-37/h3-19,21-33H,20H2,1-2H3,(H,58,59,60). The Morgan fingerprint density at radius 3 is 1.70 bits per heavy atom. The SMILES string of the molecule is Cc1cccc(-c2ccc3c(c2)c2cc(-c4cccc(C)c4)ccc2n3-c2ccc(=C3C=C(C(F)(F)F)C=CC3)c(=C3N=C(c4ccccc4)N=C(c4ccccc4)N3)c2)c1. The first-order valence-corrected chi connectivity index (χ1v) is 20.3. The molecule has 0 saturated heterocycles. The van der Waals surface area contributed by atoms with Crippen LogP contribution in [0, 0.1) is 13.8 Å². The molecule has 0 saturated carbocycles. The van der Waals surface area contributed by atoms with Gasteiger partial charge in [0.1, 0.15) is 11.7 Å². The zero-order valence-corrected chi connectivity index (χ0v) is 33.5. The van der Waals surface area contributed by atoms with Gasteiger partial charge < -0.3 is 9.88 Å². The average molecular weight is 801 g/mol. The molecule has 2 aliphatic rings. The van der Waals surface area contributed by atoms with E-state index < -0.39 is 11.7 Å². The van der Waals surface area contributed by atoms with Gasteiger partial charge in [-0.1, -0.05) is 151 Å². The fourth-order valence-electron chi connectivity index (χ4n) is 8.41. The van der Waals surface area contributed by atoms with Crippen LogP contribution in [0.25, 0.3) is 61.1 Å². The Labute approximate surface area is 351 Å². The maximum absolute atomic E-state index is 14.2. The third-order valence-corrected chi connectivity index (χ3v) is 11.4. The van der Waals surface area contributed by atoms with Gasteiger partial charge in [0, 0.05) is 32.8 Å². The Morgan fingerprint density at radius 1 is 0.541 bits per heavy atom. The van der Waals surface area contributed by atoms with E-state index >= 15 is 0 Å². The van der Waals surface area contributed by atoms with Gasteiger partial charge in [-0.3, -0.25) is 0 Å². The lowest BCUT2D eigenvalue weighted by Crippen LogP contribution is -2.38. The van der Waals surface area contributed by atoms with E-state index in [1.807, 2.05) is 78.9 Å². The van der Waals surface area contributed by atoms with Crippen molar-refractivity contribution in [3.8, 4) is 27.9 Å². The van der Waals surface area contributed by atoms with E-state index in [-0.39, 0.29) is 0 Å². The lowest BCUT2D eigenvalue weighted by molar-refractivity contribution is -0.0882. The Bertz CT molecular complexity index is 3190. The van der Waals surface area contributed by atoms with Crippen LogP contribution in [0.3, 0.4) is 0 Å². The van der Waals surface area contributed by atoms with E-state index in [4.69, 9.17) is 9.98 Å². The van der Waals surface area contributed by atoms with Gasteiger partial charge >= 0.3 is 6.18 Å². The predicted molar refractivity (Wildman–Crippen MR) is 244 cm³/mol. The second-order valence-electron chi connectivity index (χ2n) is 15.6. The van der Waals surface area contributed by atoms with Crippen LogP contribution in [0.5, 0.6) is 0 Å². The molecule has 0 amide bonds. The summed E-state index contributed by atoms with van der Waals surface area (Å²) in [7, 11) is 0. The third-order valence-electron chi connectivity index (χ3n) is 11.4. The van der Waals surface area contributed by atoms with E-state index in [0.717, 1.165) is 66.9 Å². The summed E-state index contributed by atoms with van der Waals surface area (Å²) >= 11 is 0. The Morgan fingerprint density at radius 2 is 1.11 bits per heavy atom. The van der Waals surface area contributed by atoms with Crippen molar-refractivity contribution in [2.75, 3.05) is 0 Å². The van der Waals surface area contributed by atoms with Crippen molar-refractivity contribution in [1.82, 2.24) is 9.88 Å². The summed E-state index contributed by atoms with van der Waals surface area (Å²) in [6.45, 7) is 4.21. The first-order valence-electron chi connectivity index (χ1n) is 20.3. The zero-order valence-electron chi connectivity index (χ0n) is 33.5. The minimum Gasteiger partial charge on any atom is -0.324 e. The van der Waals surface area contributed by atoms with Crippen LogP contribution in [0.4, 0.5) is 13.2 Å². The van der Waals surface area contributed by atoms with Crippen LogP contribution in [0.1, 0.15) is 28.7 Å². The van der Waals surface area contributed by atoms with Crippen molar-refractivity contribution < 1.29 is 13.2 Å². The van der Waals surface area contributed by atoms with E-state index in [1.165, 1.54) is 17.2 Å². The number of nitrogens with zero attached hydrogens (tertiary/aromatic N) is 3. The minimum absolute atomic E-state index is 0.326. The molecule has 0 spiro atoms. The van der Waals surface area contributed by atoms with Gasteiger partial charge in [0.2, 0.25) is 0 Å². The van der Waals surface area contributed by atoms with Crippen LogP contribution in [-0.2, 0) is 0 Å². The second-order valence-corrected chi connectivity index (χ2v) is 15.6. The number of rotatable bonds is 5. The molecule has 0 fully saturated rings. The average Bonchev–Trinajstić information content (AvgIpc) is 3.62. The number of benzene rings is 7. The summed E-state index contributed by atoms with van der Waals surface area (Å²) < 4.78 is 44.9. The summed E-state index contributed by atoms with van der Waals surface area (Å²) in [5, 5.41) is 6.98. The quantitative estimate of drug-likeness (QED) is 0.185. The molecule has 0 radical (unpaired) electrons. The molecular weight excluding hydrogens is 762 g/mol. The highest BCUT2D eigenvalue weighted by Crippen LogP contribution is 2.37. The van der Waals surface area contributed by atoms with Crippen LogP contribution in [0.15, 0.2) is 198 Å². The maximum atomic E-state index is 14.2. The molecule has 1 N–H and O–H groups in total. The third kappa shape index (κ3) is 7.29. The number of amidine groups is 2. The number of halogens is 3. The summed E-state index contributed by atoms with van der Waals surface area (Å²) in [6.07, 6.45) is -0.177. The van der Waals surface area contributed by atoms with Crippen molar-refractivity contribution in [2.45, 2.75) is 26.4 Å². The highest BCUT2D eigenvalue weighted by Gasteiger charge is 2.33. The molecule has 1 aromatic heterocycles. The molecule has 8 aromatic rings. The summed E-state index contributed by atoms with van der Waals surface area (Å²) in [6, 6.07) is 55.8. The monoisotopic (exact) mass is 800 g/mol. The normalized spacial score (nSPS) is 16.0. The van der Waals surface area contributed by atoms with Crippen molar-refractivity contribution in [1.29, 1.82) is 0 Å². The highest BCUT2D eigenvalue weighted by atomic mass is 19.4. The van der Waals surface area contributed by atoms with E-state index in [2.05, 4.69) is 109 Å². The molecule has 1 aliphatic heterocycles. The molecule has 0 unspecified atom stereocenters. The van der Waals surface area contributed by atoms with Crippen LogP contribution in [0.2, 0.25) is 0 Å². The van der Waals surface area contributed by atoms with Gasteiger partial charge in [-0.05, 0) is 95.8 Å². The molecular formula is C54H39F3N4. The zero-order chi connectivity index (χ0) is 41.7. The number of aromatic nitrogens is 1. The van der Waals surface area contributed by atoms with E-state index in [9.17, 15) is 13.2 Å². The maximum Gasteiger partial charge on any atom is 0.416 e. The topological polar surface area (TPSA) is 41.7 Å². The number of aliphatic imine (C=N–C) groups is 2. The Kier molecular flexibility index (Phi) is 9.44. The lowest BCUT2D eigenvalue weighted by Gasteiger charge is -2.19. The number of fused-ring (bicyclic) bond motifs is 3. The van der Waals surface area contributed by atoms with Gasteiger partial charge in [0.05, 0.1) is 16.6 Å². The molecule has 61 heavy (non-hydrogen) atoms. The lowest BCUT2D eigenvalue weighted by atomic mass is 9.98. The number of hydrogen-bond donors (Lipinski definition) is 1. The van der Waals surface area contributed by atoms with Crippen LogP contribution >= 0.6 is 0 Å². The first-order chi connectivity index (χ1) is 29.7. The fraction of sp³-hybridized carbons (Fsp3) is 0.0741. The number of allylic oxidation sites excluding steroid dienone is 4. The van der Waals surface area contributed by atoms with Gasteiger partial charge in [0.25, 0.3) is 0 Å². The summed E-state index contributed by atoms with van der Waals surface area (Å²) in [5.41, 5.74) is 11.2. The first kappa shape index (κ1) is 37.7. The highest BCUT2D eigenvalue weighted by molar-refractivity contribution is 6.16. The summed E-state index contributed by atoms with van der Waals surface area (Å²) in [5.74, 6) is 1.57. The fourth-order valence-corrected chi connectivity index (χ4v) is 8.41. The second kappa shape index (κ2) is 15.3. The van der Waals surface area contributed by atoms with E-state index in [0.29, 0.717) is 39.9 Å². The molecule has 0 bridgehead atoms. The molecule has 2 heterocycles. The molecule has 10 rings (SSSR count). The smallest absolute Gasteiger partial charge is 0.324 e. The summed E-state index contributed by atoms with van der Waals surface area (Å²) in [4.78, 5) is 10.1. The van der Waals surface area contributed by atoms with Crippen molar-refractivity contribution in [2.24, 2.45) is 9.98 Å². The molecule has 4 nitrogen and oxygen atoms in total. The molecule has 1 aliphatic carbocycles. The van der Waals surface area contributed by atoms with Gasteiger partial charge in [-0.25, -0.2) is 9.98 Å². The molecule has 7 heteroatoms. The number of nitrogens with one attached hydrogen (secondary N) is 1. The van der Waals surface area contributed by atoms with Gasteiger partial charge in [0.15, 0.2) is 5.84 Å². The van der Waals surface area contributed by atoms with Gasteiger partial charge in [-0.2, -0.15) is 13.2 Å². The van der Waals surface area contributed by atoms with Crippen molar-refractivity contribution in [3.63, 3.8) is 0 Å². The molecule has 7 aromatic carbocycles. The van der Waals surface area contributed by atoms with Crippen molar-refractivity contribution in [3.05, 3.63) is 220 Å². The van der Waals surface area contributed by atoms with Crippen molar-refractivity contribution >= 4 is 44.9 Å². The van der Waals surface area contributed by atoms with Crippen LogP contribution in [-0.4, -0.2) is 22.4 Å². The van der Waals surface area contributed by atoms with Gasteiger partial charge in [-0.15, -0.1) is 0 Å². The molecule has 0 atom stereocenters. The number of hydrogen-bond acceptors (Lipinski definition) is 3. The van der Waals surface area contributed by atoms with E-state index in [1.54, 1.807) is 6.08 Å². The Balaban J connectivity index is 1.27. The minimum atomic E-state index is -4.50. The molecule has 296 valence electrons. The number of alkyl halides is 3. The Hall–Kier alpha value is -7.51. The largest absolute Gasteiger partial charge is 0.416 e.